The van der Waals surface area contributed by atoms with E-state index in [2.05, 4.69) is 34.3 Å². The molecule has 1 saturated heterocycles. The first-order chi connectivity index (χ1) is 12.0. The molecule has 2 rings (SSSR count). The Labute approximate surface area is 151 Å². The molecule has 140 valence electrons. The minimum atomic E-state index is -0.398. The normalized spacial score (nSPS) is 18.6. The van der Waals surface area contributed by atoms with E-state index in [1.54, 1.807) is 18.9 Å². The van der Waals surface area contributed by atoms with Gasteiger partial charge in [0.2, 0.25) is 0 Å². The monoisotopic (exact) mass is 348 g/mol. The molecule has 6 heteroatoms. The lowest BCUT2D eigenvalue weighted by Gasteiger charge is -2.35. The zero-order valence-electron chi connectivity index (χ0n) is 15.7. The van der Waals surface area contributed by atoms with Crippen LogP contribution in [-0.4, -0.2) is 85.3 Å². The van der Waals surface area contributed by atoms with Gasteiger partial charge < -0.3 is 20.2 Å². The smallest absolute Gasteiger partial charge is 0.317 e. The summed E-state index contributed by atoms with van der Waals surface area (Å²) in [4.78, 5) is 18.9. The Bertz CT molecular complexity index is 515. The van der Waals surface area contributed by atoms with E-state index in [4.69, 9.17) is 0 Å². The van der Waals surface area contributed by atoms with Crippen LogP contribution in [0.3, 0.4) is 0 Å². The second-order valence-corrected chi connectivity index (χ2v) is 7.08. The molecule has 1 fully saturated rings. The summed E-state index contributed by atoms with van der Waals surface area (Å²) in [5.41, 5.74) is 1.12. The number of carbonyl (C=O) groups is 1. The van der Waals surface area contributed by atoms with Gasteiger partial charge in [-0.05, 0) is 26.0 Å². The first-order valence-electron chi connectivity index (χ1n) is 9.11. The third-order valence-electron chi connectivity index (χ3n) is 4.77. The average Bonchev–Trinajstić information content (AvgIpc) is 2.61. The Hall–Kier alpha value is -1.63. The van der Waals surface area contributed by atoms with Crippen molar-refractivity contribution in [3.05, 3.63) is 35.9 Å². The number of likely N-dealkylation sites (N-methyl/N-ethyl adjacent to an activating group) is 1. The zero-order valence-corrected chi connectivity index (χ0v) is 15.7. The lowest BCUT2D eigenvalue weighted by atomic mass is 10.1. The fourth-order valence-electron chi connectivity index (χ4n) is 2.95. The minimum Gasteiger partial charge on any atom is -0.393 e. The highest BCUT2D eigenvalue weighted by atomic mass is 16.3. The Morgan fingerprint density at radius 2 is 1.88 bits per heavy atom. The molecule has 0 saturated carbocycles. The second kappa shape index (κ2) is 9.75. The van der Waals surface area contributed by atoms with E-state index in [-0.39, 0.29) is 12.1 Å². The highest BCUT2D eigenvalue weighted by Gasteiger charge is 2.22. The Morgan fingerprint density at radius 1 is 1.24 bits per heavy atom. The third-order valence-corrected chi connectivity index (χ3v) is 4.77. The van der Waals surface area contributed by atoms with Gasteiger partial charge in [-0.2, -0.15) is 0 Å². The van der Waals surface area contributed by atoms with Crippen LogP contribution in [0.25, 0.3) is 0 Å². The van der Waals surface area contributed by atoms with Gasteiger partial charge in [-0.15, -0.1) is 0 Å². The largest absolute Gasteiger partial charge is 0.393 e. The Morgan fingerprint density at radius 3 is 2.48 bits per heavy atom. The van der Waals surface area contributed by atoms with Crippen LogP contribution in [0, 0.1) is 0 Å². The average molecular weight is 348 g/mol. The van der Waals surface area contributed by atoms with Gasteiger partial charge >= 0.3 is 6.03 Å². The summed E-state index contributed by atoms with van der Waals surface area (Å²) in [5, 5.41) is 12.6. The molecule has 1 aliphatic rings. The van der Waals surface area contributed by atoms with Gasteiger partial charge in [0.15, 0.2) is 0 Å². The lowest BCUT2D eigenvalue weighted by molar-refractivity contribution is 0.138. The number of hydrogen-bond donors (Lipinski definition) is 2. The topological polar surface area (TPSA) is 59.1 Å². The van der Waals surface area contributed by atoms with Crippen LogP contribution in [0.2, 0.25) is 0 Å². The van der Waals surface area contributed by atoms with Crippen LogP contribution in [0.15, 0.2) is 30.3 Å². The number of benzene rings is 1. The predicted molar refractivity (Wildman–Crippen MR) is 101 cm³/mol. The molecule has 0 radical (unpaired) electrons. The Balaban J connectivity index is 1.98. The fraction of sp³-hybridized carbons (Fsp3) is 0.632. The molecular weight excluding hydrogens is 316 g/mol. The minimum absolute atomic E-state index is 0.0360. The van der Waals surface area contributed by atoms with E-state index in [9.17, 15) is 9.90 Å². The number of urea groups is 1. The van der Waals surface area contributed by atoms with E-state index < -0.39 is 6.10 Å². The van der Waals surface area contributed by atoms with Crippen LogP contribution in [0.4, 0.5) is 4.79 Å². The maximum Gasteiger partial charge on any atom is 0.317 e. The first kappa shape index (κ1) is 19.7. The number of rotatable bonds is 7. The quantitative estimate of drug-likeness (QED) is 0.782. The van der Waals surface area contributed by atoms with Crippen molar-refractivity contribution < 1.29 is 9.90 Å². The first-order valence-corrected chi connectivity index (χ1v) is 9.11. The highest BCUT2D eigenvalue weighted by molar-refractivity contribution is 5.74. The van der Waals surface area contributed by atoms with Crippen molar-refractivity contribution in [2.45, 2.75) is 25.5 Å². The summed E-state index contributed by atoms with van der Waals surface area (Å²) in [6.45, 7) is 7.26. The molecule has 0 spiro atoms. The van der Waals surface area contributed by atoms with Crippen molar-refractivity contribution in [2.24, 2.45) is 0 Å². The van der Waals surface area contributed by atoms with Gasteiger partial charge in [-0.3, -0.25) is 4.90 Å². The summed E-state index contributed by atoms with van der Waals surface area (Å²) in [6.07, 6.45) is 0.184. The predicted octanol–water partition coefficient (Wildman–Crippen LogP) is 1.39. The van der Waals surface area contributed by atoms with Gasteiger partial charge in [-0.25, -0.2) is 4.79 Å². The summed E-state index contributed by atoms with van der Waals surface area (Å²) >= 11 is 0. The molecule has 1 aromatic carbocycles. The molecule has 1 aliphatic heterocycles. The summed E-state index contributed by atoms with van der Waals surface area (Å²) in [7, 11) is 3.92. The van der Waals surface area contributed by atoms with Gasteiger partial charge in [0, 0.05) is 46.3 Å². The fourth-order valence-corrected chi connectivity index (χ4v) is 2.95. The lowest BCUT2D eigenvalue weighted by Crippen LogP contribution is -2.49. The molecule has 0 aliphatic carbocycles. The van der Waals surface area contributed by atoms with Crippen molar-refractivity contribution in [1.82, 2.24) is 20.0 Å². The van der Waals surface area contributed by atoms with Crippen molar-refractivity contribution in [1.29, 1.82) is 0 Å². The van der Waals surface area contributed by atoms with E-state index in [0.717, 1.165) is 38.3 Å². The second-order valence-electron chi connectivity index (χ2n) is 7.08. The molecule has 2 atom stereocenters. The van der Waals surface area contributed by atoms with Crippen LogP contribution in [0.5, 0.6) is 0 Å². The van der Waals surface area contributed by atoms with Crippen molar-refractivity contribution in [3.63, 3.8) is 0 Å². The van der Waals surface area contributed by atoms with E-state index in [1.165, 1.54) is 0 Å². The number of hydrogen-bond acceptors (Lipinski definition) is 4. The van der Waals surface area contributed by atoms with Crippen LogP contribution >= 0.6 is 0 Å². The summed E-state index contributed by atoms with van der Waals surface area (Å²) in [5.74, 6) is 0. The maximum atomic E-state index is 12.5. The SMILES string of the molecule is CC(O)CCN(C)C(=O)NC(CN1CCN(C)CC1)c1ccccc1. The Kier molecular flexibility index (Phi) is 7.68. The number of aliphatic hydroxyl groups is 1. The molecule has 1 aromatic rings. The van der Waals surface area contributed by atoms with Gasteiger partial charge in [0.05, 0.1) is 12.1 Å². The molecule has 0 aromatic heterocycles. The maximum absolute atomic E-state index is 12.5. The molecule has 0 bridgehead atoms. The van der Waals surface area contributed by atoms with Crippen molar-refractivity contribution >= 4 is 6.03 Å². The molecule has 2 amide bonds. The molecule has 2 N–H and O–H groups in total. The number of carbonyl (C=O) groups excluding carboxylic acids is 1. The number of nitrogens with zero attached hydrogens (tertiary/aromatic N) is 3. The standard InChI is InChI=1S/C19H32N4O2/c1-16(24)9-10-22(3)19(25)20-18(17-7-5-4-6-8-17)15-23-13-11-21(2)12-14-23/h4-8,16,18,24H,9-15H2,1-3H3,(H,20,25). The van der Waals surface area contributed by atoms with Crippen molar-refractivity contribution in [3.8, 4) is 0 Å². The third kappa shape index (κ3) is 6.65. The van der Waals surface area contributed by atoms with E-state index >= 15 is 0 Å². The van der Waals surface area contributed by atoms with Gasteiger partial charge in [0.25, 0.3) is 0 Å². The van der Waals surface area contributed by atoms with Crippen molar-refractivity contribution in [2.75, 3.05) is 53.4 Å². The number of amides is 2. The zero-order chi connectivity index (χ0) is 18.2. The molecule has 1 heterocycles. The number of nitrogens with one attached hydrogen (secondary N) is 1. The van der Waals surface area contributed by atoms with Crippen LogP contribution in [-0.2, 0) is 0 Å². The van der Waals surface area contributed by atoms with Gasteiger partial charge in [0.1, 0.15) is 0 Å². The molecule has 6 nitrogen and oxygen atoms in total. The van der Waals surface area contributed by atoms with E-state index in [1.807, 2.05) is 18.2 Å². The van der Waals surface area contributed by atoms with E-state index in [0.29, 0.717) is 13.0 Å². The highest BCUT2D eigenvalue weighted by Crippen LogP contribution is 2.16. The molecular formula is C19H32N4O2. The van der Waals surface area contributed by atoms with Crippen LogP contribution in [0.1, 0.15) is 24.9 Å². The number of aliphatic hydroxyl groups excluding tert-OH is 1. The number of piperazine rings is 1. The van der Waals surface area contributed by atoms with Crippen LogP contribution < -0.4 is 5.32 Å². The summed E-state index contributed by atoms with van der Waals surface area (Å²) < 4.78 is 0. The molecule has 25 heavy (non-hydrogen) atoms. The molecule has 2 unspecified atom stereocenters. The van der Waals surface area contributed by atoms with Gasteiger partial charge in [-0.1, -0.05) is 30.3 Å². The summed E-state index contributed by atoms with van der Waals surface area (Å²) in [6, 6.07) is 10.0.